The van der Waals surface area contributed by atoms with E-state index in [0.717, 1.165) is 44.0 Å². The van der Waals surface area contributed by atoms with Crippen molar-refractivity contribution in [2.75, 3.05) is 45.1 Å². The Morgan fingerprint density at radius 1 is 1.30 bits per heavy atom. The molecule has 0 saturated carbocycles. The van der Waals surface area contributed by atoms with Crippen molar-refractivity contribution in [1.29, 1.82) is 0 Å². The molecule has 20 heavy (non-hydrogen) atoms. The average molecular weight is 320 g/mol. The number of rotatable bonds is 5. The SMILES string of the molecule is CCCc1nnc(NC(=O)CN2CCN(C)CC2)s1.Cl. The maximum atomic E-state index is 11.9. The lowest BCUT2D eigenvalue weighted by molar-refractivity contribution is -0.117. The Morgan fingerprint density at radius 3 is 2.65 bits per heavy atom. The quantitative estimate of drug-likeness (QED) is 0.880. The number of aromatic nitrogens is 2. The molecule has 2 heterocycles. The lowest BCUT2D eigenvalue weighted by Crippen LogP contribution is -2.47. The molecule has 0 unspecified atom stereocenters. The van der Waals surface area contributed by atoms with Crippen LogP contribution >= 0.6 is 23.7 Å². The highest BCUT2D eigenvalue weighted by Gasteiger charge is 2.17. The number of likely N-dealkylation sites (N-methyl/N-ethyl adjacent to an activating group) is 1. The molecule has 0 aromatic carbocycles. The molecule has 1 aliphatic heterocycles. The molecule has 0 bridgehead atoms. The second-order valence-corrected chi connectivity index (χ2v) is 5.94. The third kappa shape index (κ3) is 5.32. The highest BCUT2D eigenvalue weighted by atomic mass is 35.5. The molecule has 0 radical (unpaired) electrons. The van der Waals surface area contributed by atoms with Gasteiger partial charge in [0.05, 0.1) is 6.54 Å². The summed E-state index contributed by atoms with van der Waals surface area (Å²) in [5, 5.41) is 12.5. The molecule has 1 aliphatic rings. The second kappa shape index (κ2) is 8.51. The van der Waals surface area contributed by atoms with Crippen molar-refractivity contribution >= 4 is 34.8 Å². The van der Waals surface area contributed by atoms with E-state index in [-0.39, 0.29) is 18.3 Å². The normalized spacial score (nSPS) is 16.7. The summed E-state index contributed by atoms with van der Waals surface area (Å²) in [5.41, 5.74) is 0. The number of hydrogen-bond donors (Lipinski definition) is 1. The Morgan fingerprint density at radius 2 is 2.00 bits per heavy atom. The van der Waals surface area contributed by atoms with Crippen molar-refractivity contribution < 1.29 is 4.79 Å². The van der Waals surface area contributed by atoms with Crippen LogP contribution in [0.25, 0.3) is 0 Å². The maximum Gasteiger partial charge on any atom is 0.240 e. The van der Waals surface area contributed by atoms with Crippen LogP contribution < -0.4 is 5.32 Å². The van der Waals surface area contributed by atoms with E-state index in [1.54, 1.807) is 0 Å². The molecular formula is C12H22ClN5OS. The van der Waals surface area contributed by atoms with Gasteiger partial charge >= 0.3 is 0 Å². The molecule has 1 saturated heterocycles. The zero-order valence-electron chi connectivity index (χ0n) is 12.0. The Kier molecular flexibility index (Phi) is 7.36. The third-order valence-corrected chi connectivity index (χ3v) is 4.04. The number of halogens is 1. The number of hydrogen-bond acceptors (Lipinski definition) is 6. The van der Waals surface area contributed by atoms with E-state index < -0.39 is 0 Å². The molecule has 6 nitrogen and oxygen atoms in total. The Hall–Kier alpha value is -0.760. The van der Waals surface area contributed by atoms with Crippen LogP contribution in [0, 0.1) is 0 Å². The molecule has 0 aliphatic carbocycles. The lowest BCUT2D eigenvalue weighted by atomic mass is 10.3. The van der Waals surface area contributed by atoms with Crippen molar-refractivity contribution in [3.8, 4) is 0 Å². The van der Waals surface area contributed by atoms with Gasteiger partial charge in [-0.1, -0.05) is 18.3 Å². The van der Waals surface area contributed by atoms with Crippen LogP contribution in [0.4, 0.5) is 5.13 Å². The van der Waals surface area contributed by atoms with Gasteiger partial charge in [-0.25, -0.2) is 0 Å². The summed E-state index contributed by atoms with van der Waals surface area (Å²) in [7, 11) is 2.11. The molecule has 1 fully saturated rings. The first-order chi connectivity index (χ1) is 9.17. The van der Waals surface area contributed by atoms with Crippen molar-refractivity contribution in [2.24, 2.45) is 0 Å². The van der Waals surface area contributed by atoms with Crippen LogP contribution in [0.1, 0.15) is 18.4 Å². The van der Waals surface area contributed by atoms with E-state index >= 15 is 0 Å². The summed E-state index contributed by atoms with van der Waals surface area (Å²) < 4.78 is 0. The van der Waals surface area contributed by atoms with Crippen LogP contribution in [0.5, 0.6) is 0 Å². The van der Waals surface area contributed by atoms with Gasteiger partial charge in [0.2, 0.25) is 11.0 Å². The van der Waals surface area contributed by atoms with E-state index in [0.29, 0.717) is 11.7 Å². The van der Waals surface area contributed by atoms with Gasteiger partial charge < -0.3 is 4.90 Å². The fourth-order valence-electron chi connectivity index (χ4n) is 1.99. The van der Waals surface area contributed by atoms with E-state index in [9.17, 15) is 4.79 Å². The summed E-state index contributed by atoms with van der Waals surface area (Å²) in [6.45, 7) is 6.48. The summed E-state index contributed by atoms with van der Waals surface area (Å²) in [4.78, 5) is 16.3. The summed E-state index contributed by atoms with van der Waals surface area (Å²) >= 11 is 1.47. The number of aryl methyl sites for hydroxylation is 1. The van der Waals surface area contributed by atoms with Gasteiger partial charge in [-0.2, -0.15) is 0 Å². The fourth-order valence-corrected chi connectivity index (χ4v) is 2.84. The molecule has 1 aromatic heterocycles. The van der Waals surface area contributed by atoms with Crippen LogP contribution in [0.2, 0.25) is 0 Å². The number of amides is 1. The highest BCUT2D eigenvalue weighted by Crippen LogP contribution is 2.16. The number of nitrogens with one attached hydrogen (secondary N) is 1. The number of carbonyl (C=O) groups is 1. The first kappa shape index (κ1) is 17.3. The molecule has 8 heteroatoms. The zero-order chi connectivity index (χ0) is 13.7. The minimum atomic E-state index is 0. The van der Waals surface area contributed by atoms with Gasteiger partial charge in [-0.3, -0.25) is 15.0 Å². The van der Waals surface area contributed by atoms with E-state index in [2.05, 4.69) is 39.3 Å². The number of nitrogens with zero attached hydrogens (tertiary/aromatic N) is 4. The second-order valence-electron chi connectivity index (χ2n) is 4.88. The van der Waals surface area contributed by atoms with Gasteiger partial charge in [-0.15, -0.1) is 22.6 Å². The van der Waals surface area contributed by atoms with Gasteiger partial charge in [0, 0.05) is 32.6 Å². The third-order valence-electron chi connectivity index (χ3n) is 3.14. The van der Waals surface area contributed by atoms with Crippen molar-refractivity contribution in [1.82, 2.24) is 20.0 Å². The van der Waals surface area contributed by atoms with Gasteiger partial charge in [0.15, 0.2) is 0 Å². The van der Waals surface area contributed by atoms with Crippen molar-refractivity contribution in [2.45, 2.75) is 19.8 Å². The van der Waals surface area contributed by atoms with E-state index in [1.807, 2.05) is 0 Å². The molecule has 2 rings (SSSR count). The first-order valence-electron chi connectivity index (χ1n) is 6.70. The lowest BCUT2D eigenvalue weighted by Gasteiger charge is -2.31. The number of carbonyl (C=O) groups excluding carboxylic acids is 1. The molecule has 0 atom stereocenters. The smallest absolute Gasteiger partial charge is 0.240 e. The minimum Gasteiger partial charge on any atom is -0.304 e. The van der Waals surface area contributed by atoms with E-state index in [4.69, 9.17) is 0 Å². The predicted molar refractivity (Wildman–Crippen MR) is 83.7 cm³/mol. The Bertz CT molecular complexity index is 420. The maximum absolute atomic E-state index is 11.9. The topological polar surface area (TPSA) is 61.4 Å². The Labute approximate surface area is 130 Å². The summed E-state index contributed by atoms with van der Waals surface area (Å²) in [5.74, 6) is 0.00347. The van der Waals surface area contributed by atoms with E-state index in [1.165, 1.54) is 11.3 Å². The molecule has 0 spiro atoms. The average Bonchev–Trinajstić information content (AvgIpc) is 2.80. The predicted octanol–water partition coefficient (Wildman–Crippen LogP) is 1.10. The summed E-state index contributed by atoms with van der Waals surface area (Å²) in [6, 6.07) is 0. The van der Waals surface area contributed by atoms with Crippen LogP contribution in [0.15, 0.2) is 0 Å². The molecule has 114 valence electrons. The molecular weight excluding hydrogens is 298 g/mol. The van der Waals surface area contributed by atoms with Crippen molar-refractivity contribution in [3.05, 3.63) is 5.01 Å². The first-order valence-corrected chi connectivity index (χ1v) is 7.52. The molecule has 1 aromatic rings. The highest BCUT2D eigenvalue weighted by molar-refractivity contribution is 7.15. The monoisotopic (exact) mass is 319 g/mol. The molecule has 1 N–H and O–H groups in total. The van der Waals surface area contributed by atoms with Crippen LogP contribution in [0.3, 0.4) is 0 Å². The Balaban J connectivity index is 0.00000200. The van der Waals surface area contributed by atoms with Crippen molar-refractivity contribution in [3.63, 3.8) is 0 Å². The van der Waals surface area contributed by atoms with Crippen LogP contribution in [-0.4, -0.2) is 65.7 Å². The summed E-state index contributed by atoms with van der Waals surface area (Å²) in [6.07, 6.45) is 1.97. The minimum absolute atomic E-state index is 0. The fraction of sp³-hybridized carbons (Fsp3) is 0.750. The number of piperazine rings is 1. The van der Waals surface area contributed by atoms with Gasteiger partial charge in [0.1, 0.15) is 5.01 Å². The van der Waals surface area contributed by atoms with Gasteiger partial charge in [-0.05, 0) is 13.5 Å². The zero-order valence-corrected chi connectivity index (χ0v) is 13.6. The molecule has 1 amide bonds. The standard InChI is InChI=1S/C12H21N5OS.ClH/c1-3-4-11-14-15-12(19-11)13-10(18)9-17-7-5-16(2)6-8-17;/h3-9H2,1-2H3,(H,13,15,18);1H. The largest absolute Gasteiger partial charge is 0.304 e. The number of anilines is 1. The van der Waals surface area contributed by atoms with Gasteiger partial charge in [0.25, 0.3) is 0 Å². The van der Waals surface area contributed by atoms with Crippen LogP contribution in [-0.2, 0) is 11.2 Å².